The molecule has 0 saturated heterocycles. The van der Waals surface area contributed by atoms with Gasteiger partial charge < -0.3 is 15.4 Å². The Morgan fingerprint density at radius 3 is 2.65 bits per heavy atom. The minimum atomic E-state index is -0.578. The van der Waals surface area contributed by atoms with Gasteiger partial charge in [0.25, 0.3) is 0 Å². The highest BCUT2D eigenvalue weighted by molar-refractivity contribution is 5.63. The standard InChI is InChI=1S/C10H9FN4O2/c1-14-6-12-9(15(16)17)10(14)13-8-4-2-7(11)3-5-8/h2-6,13H,1H3. The van der Waals surface area contributed by atoms with Crippen molar-refractivity contribution in [1.29, 1.82) is 0 Å². The number of nitro groups is 1. The quantitative estimate of drug-likeness (QED) is 0.655. The van der Waals surface area contributed by atoms with Crippen molar-refractivity contribution in [2.45, 2.75) is 0 Å². The van der Waals surface area contributed by atoms with Gasteiger partial charge in [0.1, 0.15) is 5.82 Å². The summed E-state index contributed by atoms with van der Waals surface area (Å²) in [5.74, 6) is -0.381. The molecular weight excluding hydrogens is 227 g/mol. The van der Waals surface area contributed by atoms with E-state index in [1.165, 1.54) is 35.2 Å². The molecule has 1 heterocycles. The summed E-state index contributed by atoms with van der Waals surface area (Å²) in [6.07, 6.45) is 1.34. The zero-order chi connectivity index (χ0) is 12.4. The SMILES string of the molecule is Cn1cnc([N+](=O)[O-])c1Nc1ccc(F)cc1. The molecule has 7 heteroatoms. The van der Waals surface area contributed by atoms with Crippen LogP contribution in [0.4, 0.5) is 21.7 Å². The van der Waals surface area contributed by atoms with Gasteiger partial charge in [0.05, 0.1) is 0 Å². The van der Waals surface area contributed by atoms with Gasteiger partial charge in [0.15, 0.2) is 0 Å². The molecular formula is C10H9FN4O2. The van der Waals surface area contributed by atoms with Gasteiger partial charge in [0.2, 0.25) is 12.1 Å². The van der Waals surface area contributed by atoms with Crippen LogP contribution in [0.25, 0.3) is 0 Å². The first-order chi connectivity index (χ1) is 8.08. The molecule has 0 aliphatic carbocycles. The summed E-state index contributed by atoms with van der Waals surface area (Å²) < 4.78 is 14.2. The van der Waals surface area contributed by atoms with Gasteiger partial charge in [-0.25, -0.2) is 4.39 Å². The van der Waals surface area contributed by atoms with Gasteiger partial charge in [-0.05, 0) is 34.2 Å². The van der Waals surface area contributed by atoms with E-state index in [0.717, 1.165) is 0 Å². The molecule has 1 aromatic carbocycles. The number of aromatic nitrogens is 2. The number of nitrogens with one attached hydrogen (secondary N) is 1. The Hall–Kier alpha value is -2.44. The van der Waals surface area contributed by atoms with E-state index in [1.54, 1.807) is 7.05 Å². The molecule has 6 nitrogen and oxygen atoms in total. The third kappa shape index (κ3) is 2.22. The van der Waals surface area contributed by atoms with Crippen molar-refractivity contribution in [1.82, 2.24) is 9.55 Å². The van der Waals surface area contributed by atoms with Crippen LogP contribution >= 0.6 is 0 Å². The molecule has 0 radical (unpaired) electrons. The minimum Gasteiger partial charge on any atom is -0.358 e. The Morgan fingerprint density at radius 2 is 2.06 bits per heavy atom. The molecule has 0 saturated carbocycles. The molecule has 0 fully saturated rings. The Labute approximate surface area is 95.9 Å². The fourth-order valence-corrected chi connectivity index (χ4v) is 1.37. The van der Waals surface area contributed by atoms with Gasteiger partial charge in [-0.2, -0.15) is 0 Å². The van der Waals surface area contributed by atoms with E-state index < -0.39 is 4.92 Å². The summed E-state index contributed by atoms with van der Waals surface area (Å²) in [6, 6.07) is 5.52. The first-order valence-electron chi connectivity index (χ1n) is 4.76. The zero-order valence-electron chi connectivity index (χ0n) is 8.92. The molecule has 2 rings (SSSR count). The molecule has 1 N–H and O–H groups in total. The molecule has 0 aliphatic rings. The second kappa shape index (κ2) is 4.20. The van der Waals surface area contributed by atoms with Gasteiger partial charge in [-0.1, -0.05) is 0 Å². The molecule has 0 unspecified atom stereocenters. The van der Waals surface area contributed by atoms with E-state index in [-0.39, 0.29) is 17.5 Å². The number of anilines is 2. The Kier molecular flexibility index (Phi) is 2.73. The lowest BCUT2D eigenvalue weighted by Crippen LogP contribution is -2.00. The Balaban J connectivity index is 2.32. The lowest BCUT2D eigenvalue weighted by molar-refractivity contribution is -0.388. The fraction of sp³-hybridized carbons (Fsp3) is 0.100. The van der Waals surface area contributed by atoms with Crippen LogP contribution in [0.3, 0.4) is 0 Å². The maximum absolute atomic E-state index is 12.7. The van der Waals surface area contributed by atoms with E-state index in [0.29, 0.717) is 5.69 Å². The predicted molar refractivity (Wildman–Crippen MR) is 59.5 cm³/mol. The predicted octanol–water partition coefficient (Wildman–Crippen LogP) is 2.21. The van der Waals surface area contributed by atoms with Crippen molar-refractivity contribution in [3.8, 4) is 0 Å². The molecule has 0 atom stereocenters. The van der Waals surface area contributed by atoms with Crippen molar-refractivity contribution >= 4 is 17.3 Å². The van der Waals surface area contributed by atoms with Crippen molar-refractivity contribution in [3.05, 3.63) is 46.5 Å². The second-order valence-electron chi connectivity index (χ2n) is 3.42. The van der Waals surface area contributed by atoms with Crippen molar-refractivity contribution in [2.24, 2.45) is 7.05 Å². The Bertz CT molecular complexity index is 550. The number of hydrogen-bond acceptors (Lipinski definition) is 4. The van der Waals surface area contributed by atoms with Gasteiger partial charge in [-0.15, -0.1) is 0 Å². The van der Waals surface area contributed by atoms with Crippen LogP contribution in [-0.4, -0.2) is 14.5 Å². The van der Waals surface area contributed by atoms with Crippen molar-refractivity contribution in [2.75, 3.05) is 5.32 Å². The zero-order valence-corrected chi connectivity index (χ0v) is 8.92. The number of rotatable bonds is 3. The maximum atomic E-state index is 12.7. The topological polar surface area (TPSA) is 73.0 Å². The molecule has 0 aliphatic heterocycles. The van der Waals surface area contributed by atoms with Crippen LogP contribution in [0, 0.1) is 15.9 Å². The van der Waals surface area contributed by atoms with E-state index in [4.69, 9.17) is 0 Å². The monoisotopic (exact) mass is 236 g/mol. The molecule has 17 heavy (non-hydrogen) atoms. The largest absolute Gasteiger partial charge is 0.406 e. The average molecular weight is 236 g/mol. The minimum absolute atomic E-state index is 0.251. The highest BCUT2D eigenvalue weighted by Crippen LogP contribution is 2.25. The summed E-state index contributed by atoms with van der Waals surface area (Å²) in [5.41, 5.74) is 0.554. The van der Waals surface area contributed by atoms with Crippen LogP contribution < -0.4 is 5.32 Å². The van der Waals surface area contributed by atoms with Crippen LogP contribution in [0.1, 0.15) is 0 Å². The van der Waals surface area contributed by atoms with E-state index >= 15 is 0 Å². The number of nitrogens with zero attached hydrogens (tertiary/aromatic N) is 3. The number of benzene rings is 1. The van der Waals surface area contributed by atoms with E-state index in [9.17, 15) is 14.5 Å². The highest BCUT2D eigenvalue weighted by Gasteiger charge is 2.19. The highest BCUT2D eigenvalue weighted by atomic mass is 19.1. The van der Waals surface area contributed by atoms with Gasteiger partial charge >= 0.3 is 5.82 Å². The van der Waals surface area contributed by atoms with Crippen molar-refractivity contribution < 1.29 is 9.31 Å². The second-order valence-corrected chi connectivity index (χ2v) is 3.42. The molecule has 88 valence electrons. The third-order valence-electron chi connectivity index (χ3n) is 2.20. The lowest BCUT2D eigenvalue weighted by Gasteiger charge is -2.05. The van der Waals surface area contributed by atoms with E-state index in [1.807, 2.05) is 0 Å². The van der Waals surface area contributed by atoms with Crippen LogP contribution in [0.15, 0.2) is 30.6 Å². The third-order valence-corrected chi connectivity index (χ3v) is 2.20. The smallest absolute Gasteiger partial charge is 0.358 e. The number of imidazole rings is 1. The molecule has 0 bridgehead atoms. The molecule has 1 aromatic heterocycles. The van der Waals surface area contributed by atoms with Crippen molar-refractivity contribution in [3.63, 3.8) is 0 Å². The fourth-order valence-electron chi connectivity index (χ4n) is 1.37. The maximum Gasteiger partial charge on any atom is 0.406 e. The summed E-state index contributed by atoms with van der Waals surface area (Å²) in [6.45, 7) is 0. The number of aryl methyl sites for hydroxylation is 1. The molecule has 2 aromatic rings. The summed E-state index contributed by atoms with van der Waals surface area (Å²) in [7, 11) is 1.63. The van der Waals surface area contributed by atoms with Crippen LogP contribution in [0.2, 0.25) is 0 Å². The summed E-state index contributed by atoms with van der Waals surface area (Å²) in [5, 5.41) is 13.5. The average Bonchev–Trinajstić information content (AvgIpc) is 2.64. The Morgan fingerprint density at radius 1 is 1.41 bits per heavy atom. The summed E-state index contributed by atoms with van der Waals surface area (Å²) in [4.78, 5) is 13.8. The van der Waals surface area contributed by atoms with Gasteiger partial charge in [-0.3, -0.25) is 4.57 Å². The number of hydrogen-bond donors (Lipinski definition) is 1. The first kappa shape index (κ1) is 11.1. The lowest BCUT2D eigenvalue weighted by atomic mass is 10.3. The molecule has 0 amide bonds. The van der Waals surface area contributed by atoms with E-state index in [2.05, 4.69) is 10.3 Å². The number of halogens is 1. The van der Waals surface area contributed by atoms with Crippen LogP contribution in [-0.2, 0) is 7.05 Å². The molecule has 0 spiro atoms. The first-order valence-corrected chi connectivity index (χ1v) is 4.76. The van der Waals surface area contributed by atoms with Crippen LogP contribution in [0.5, 0.6) is 0 Å². The normalized spacial score (nSPS) is 10.2. The summed E-state index contributed by atoms with van der Waals surface area (Å²) >= 11 is 0. The van der Waals surface area contributed by atoms with Gasteiger partial charge in [0, 0.05) is 12.7 Å².